The summed E-state index contributed by atoms with van der Waals surface area (Å²) in [4.78, 5) is 25.8. The van der Waals surface area contributed by atoms with Gasteiger partial charge in [0.25, 0.3) is 5.91 Å². The molecule has 39 heavy (non-hydrogen) atoms. The van der Waals surface area contributed by atoms with Crippen molar-refractivity contribution >= 4 is 11.9 Å². The summed E-state index contributed by atoms with van der Waals surface area (Å²) >= 11 is 0. The van der Waals surface area contributed by atoms with Crippen molar-refractivity contribution in [3.8, 4) is 11.5 Å². The van der Waals surface area contributed by atoms with Gasteiger partial charge in [-0.2, -0.15) is 0 Å². The standard InChI is InChI=1S/C31H35NO7/c1-20-25-10-5-4-8-23(25)17-31(20,29(36)37)32-28(35)22-11-12-26(38-3)27(16-22)39-14-13-21-7-6-9-24(15-21)30(2,18-33)19-34/h4-12,15-16,20,33-34H,13-14,17-19H2,1-3H3,(H,32,35)(H,36,37). The molecule has 0 bridgehead atoms. The van der Waals surface area contributed by atoms with Gasteiger partial charge in [0.2, 0.25) is 0 Å². The second-order valence-electron chi connectivity index (χ2n) is 10.4. The Kier molecular flexibility index (Phi) is 8.28. The first-order valence-corrected chi connectivity index (χ1v) is 12.9. The van der Waals surface area contributed by atoms with Gasteiger partial charge in [-0.3, -0.25) is 4.79 Å². The molecule has 0 aliphatic heterocycles. The van der Waals surface area contributed by atoms with Crippen LogP contribution in [-0.2, 0) is 23.1 Å². The molecule has 3 aromatic rings. The normalized spacial score (nSPS) is 18.3. The number of aliphatic hydroxyl groups is 2. The molecule has 4 N–H and O–H groups in total. The van der Waals surface area contributed by atoms with Gasteiger partial charge in [-0.25, -0.2) is 4.79 Å². The first-order chi connectivity index (χ1) is 18.7. The molecule has 0 spiro atoms. The number of carboxylic acid groups (broad SMARTS) is 1. The predicted molar refractivity (Wildman–Crippen MR) is 147 cm³/mol. The number of fused-ring (bicyclic) bond motifs is 1. The maximum absolute atomic E-state index is 13.3. The third kappa shape index (κ3) is 5.48. The van der Waals surface area contributed by atoms with Crippen LogP contribution in [0.1, 0.15) is 52.4 Å². The Morgan fingerprint density at radius 1 is 1.03 bits per heavy atom. The number of methoxy groups -OCH3 is 1. The Labute approximate surface area is 228 Å². The highest BCUT2D eigenvalue weighted by molar-refractivity contribution is 5.99. The lowest BCUT2D eigenvalue weighted by atomic mass is 9.83. The molecule has 0 fully saturated rings. The van der Waals surface area contributed by atoms with E-state index in [0.29, 0.717) is 17.9 Å². The van der Waals surface area contributed by atoms with E-state index in [1.165, 1.54) is 7.11 Å². The molecular formula is C31H35NO7. The zero-order valence-corrected chi connectivity index (χ0v) is 22.4. The zero-order chi connectivity index (χ0) is 28.2. The Hall–Kier alpha value is -3.88. The fourth-order valence-corrected chi connectivity index (χ4v) is 5.12. The number of benzene rings is 3. The zero-order valence-electron chi connectivity index (χ0n) is 22.4. The maximum Gasteiger partial charge on any atom is 0.330 e. The quantitative estimate of drug-likeness (QED) is 0.297. The summed E-state index contributed by atoms with van der Waals surface area (Å²) in [7, 11) is 1.51. The molecule has 0 aromatic heterocycles. The van der Waals surface area contributed by atoms with Crippen molar-refractivity contribution in [1.82, 2.24) is 5.32 Å². The van der Waals surface area contributed by atoms with Crippen LogP contribution < -0.4 is 14.8 Å². The van der Waals surface area contributed by atoms with Crippen LogP contribution in [-0.4, -0.2) is 59.7 Å². The molecular weight excluding hydrogens is 498 g/mol. The van der Waals surface area contributed by atoms with Gasteiger partial charge in [0.05, 0.1) is 26.9 Å². The molecule has 4 rings (SSSR count). The minimum absolute atomic E-state index is 0.177. The van der Waals surface area contributed by atoms with Crippen molar-refractivity contribution in [1.29, 1.82) is 0 Å². The molecule has 1 aliphatic rings. The highest BCUT2D eigenvalue weighted by Gasteiger charge is 2.51. The van der Waals surface area contributed by atoms with Crippen LogP contribution in [0.3, 0.4) is 0 Å². The number of nitrogens with one attached hydrogen (secondary N) is 1. The molecule has 0 saturated carbocycles. The number of rotatable bonds is 11. The molecule has 0 radical (unpaired) electrons. The minimum atomic E-state index is -1.45. The first-order valence-electron chi connectivity index (χ1n) is 12.9. The van der Waals surface area contributed by atoms with Crippen molar-refractivity contribution in [2.75, 3.05) is 26.9 Å². The number of aliphatic carboxylic acids is 1. The van der Waals surface area contributed by atoms with Crippen molar-refractivity contribution in [3.05, 3.63) is 94.5 Å². The van der Waals surface area contributed by atoms with E-state index in [-0.39, 0.29) is 31.8 Å². The van der Waals surface area contributed by atoms with Crippen LogP contribution in [0, 0.1) is 0 Å². The number of aliphatic hydroxyl groups excluding tert-OH is 2. The van der Waals surface area contributed by atoms with Gasteiger partial charge < -0.3 is 30.1 Å². The van der Waals surface area contributed by atoms with Gasteiger partial charge in [0, 0.05) is 29.7 Å². The lowest BCUT2D eigenvalue weighted by Gasteiger charge is -2.30. The summed E-state index contributed by atoms with van der Waals surface area (Å²) < 4.78 is 11.4. The molecule has 8 heteroatoms. The number of carboxylic acids is 1. The Bertz CT molecular complexity index is 1350. The number of ether oxygens (including phenoxy) is 2. The van der Waals surface area contributed by atoms with Crippen LogP contribution in [0.25, 0.3) is 0 Å². The summed E-state index contributed by atoms with van der Waals surface area (Å²) in [5.41, 5.74) is 1.69. The SMILES string of the molecule is COc1ccc(C(=O)NC2(C(=O)O)Cc3ccccc3C2C)cc1OCCc1cccc(C(C)(CO)CO)c1. The monoisotopic (exact) mass is 533 g/mol. The van der Waals surface area contributed by atoms with Gasteiger partial charge in [0.1, 0.15) is 5.54 Å². The minimum Gasteiger partial charge on any atom is -0.493 e. The second-order valence-corrected chi connectivity index (χ2v) is 10.4. The first kappa shape index (κ1) is 28.1. The molecule has 2 atom stereocenters. The number of carbonyl (C=O) groups excluding carboxylic acids is 1. The highest BCUT2D eigenvalue weighted by Crippen LogP contribution is 2.41. The Balaban J connectivity index is 1.49. The van der Waals surface area contributed by atoms with E-state index in [1.54, 1.807) is 25.1 Å². The Morgan fingerprint density at radius 3 is 2.44 bits per heavy atom. The summed E-state index contributed by atoms with van der Waals surface area (Å²) in [6.07, 6.45) is 0.744. The molecule has 3 aromatic carbocycles. The van der Waals surface area contributed by atoms with Crippen LogP contribution in [0.4, 0.5) is 0 Å². The van der Waals surface area contributed by atoms with Crippen molar-refractivity contribution in [3.63, 3.8) is 0 Å². The van der Waals surface area contributed by atoms with E-state index >= 15 is 0 Å². The van der Waals surface area contributed by atoms with Gasteiger partial charge in [-0.05, 0) is 40.5 Å². The van der Waals surface area contributed by atoms with Gasteiger partial charge >= 0.3 is 5.97 Å². The topological polar surface area (TPSA) is 125 Å². The van der Waals surface area contributed by atoms with E-state index in [4.69, 9.17) is 9.47 Å². The average Bonchev–Trinajstić information content (AvgIpc) is 3.24. The van der Waals surface area contributed by atoms with E-state index in [9.17, 15) is 24.9 Å². The number of hydrogen-bond donors (Lipinski definition) is 4. The van der Waals surface area contributed by atoms with Crippen molar-refractivity contribution < 1.29 is 34.4 Å². The van der Waals surface area contributed by atoms with E-state index in [0.717, 1.165) is 22.3 Å². The van der Waals surface area contributed by atoms with E-state index in [2.05, 4.69) is 5.32 Å². The average molecular weight is 534 g/mol. The smallest absolute Gasteiger partial charge is 0.330 e. The molecule has 206 valence electrons. The molecule has 2 unspecified atom stereocenters. The molecule has 1 aliphatic carbocycles. The molecule has 0 saturated heterocycles. The molecule has 8 nitrogen and oxygen atoms in total. The third-order valence-corrected chi connectivity index (χ3v) is 7.84. The number of amides is 1. The maximum atomic E-state index is 13.3. The highest BCUT2D eigenvalue weighted by atomic mass is 16.5. The van der Waals surface area contributed by atoms with Gasteiger partial charge in [-0.15, -0.1) is 0 Å². The van der Waals surface area contributed by atoms with Gasteiger partial charge in [0.15, 0.2) is 11.5 Å². The van der Waals surface area contributed by atoms with Crippen LogP contribution in [0.2, 0.25) is 0 Å². The lowest BCUT2D eigenvalue weighted by molar-refractivity contribution is -0.145. The lowest BCUT2D eigenvalue weighted by Crippen LogP contribution is -2.57. The number of carbonyl (C=O) groups is 2. The third-order valence-electron chi connectivity index (χ3n) is 7.84. The van der Waals surface area contributed by atoms with Crippen LogP contribution in [0.15, 0.2) is 66.7 Å². The van der Waals surface area contributed by atoms with Crippen LogP contribution >= 0.6 is 0 Å². The number of hydrogen-bond acceptors (Lipinski definition) is 6. The summed E-state index contributed by atoms with van der Waals surface area (Å²) in [5, 5.41) is 32.4. The van der Waals surface area contributed by atoms with E-state index < -0.39 is 28.7 Å². The fraction of sp³-hybridized carbons (Fsp3) is 0.355. The fourth-order valence-electron chi connectivity index (χ4n) is 5.12. The second kappa shape index (κ2) is 11.5. The molecule has 1 amide bonds. The van der Waals surface area contributed by atoms with Gasteiger partial charge in [-0.1, -0.05) is 62.4 Å². The summed E-state index contributed by atoms with van der Waals surface area (Å²) in [6.45, 7) is 3.54. The van der Waals surface area contributed by atoms with E-state index in [1.807, 2.05) is 55.5 Å². The predicted octanol–water partition coefficient (Wildman–Crippen LogP) is 3.47. The molecule has 0 heterocycles. The Morgan fingerprint density at radius 2 is 1.77 bits per heavy atom. The van der Waals surface area contributed by atoms with Crippen molar-refractivity contribution in [2.45, 2.75) is 43.6 Å². The van der Waals surface area contributed by atoms with Crippen LogP contribution in [0.5, 0.6) is 11.5 Å². The largest absolute Gasteiger partial charge is 0.493 e. The summed E-state index contributed by atoms with van der Waals surface area (Å²) in [6, 6.07) is 19.9. The van der Waals surface area contributed by atoms with Crippen molar-refractivity contribution in [2.24, 2.45) is 0 Å². The summed E-state index contributed by atoms with van der Waals surface area (Å²) in [5.74, 6) is -1.18.